The van der Waals surface area contributed by atoms with Gasteiger partial charge in [-0.1, -0.05) is 6.07 Å². The number of aromatic amines is 1. The second-order valence-corrected chi connectivity index (χ2v) is 4.27. The first-order valence-corrected chi connectivity index (χ1v) is 5.89. The average molecular weight is 242 g/mol. The van der Waals surface area contributed by atoms with Crippen LogP contribution in [0.5, 0.6) is 11.5 Å². The largest absolute Gasteiger partial charge is 0.504 e. The predicted molar refractivity (Wildman–Crippen MR) is 70.9 cm³/mol. The summed E-state index contributed by atoms with van der Waals surface area (Å²) in [5.74, 6) is 1.58. The fourth-order valence-corrected chi connectivity index (χ4v) is 2.28. The summed E-state index contributed by atoms with van der Waals surface area (Å²) in [4.78, 5) is 7.51. The molecule has 3 rings (SSSR count). The van der Waals surface area contributed by atoms with Gasteiger partial charge in [-0.2, -0.15) is 0 Å². The van der Waals surface area contributed by atoms with Gasteiger partial charge in [-0.25, -0.2) is 4.99 Å². The van der Waals surface area contributed by atoms with Crippen molar-refractivity contribution < 1.29 is 9.84 Å². The second kappa shape index (κ2) is 4.22. The van der Waals surface area contributed by atoms with Gasteiger partial charge < -0.3 is 14.8 Å². The molecule has 0 saturated heterocycles. The third kappa shape index (κ3) is 1.66. The van der Waals surface area contributed by atoms with Crippen molar-refractivity contribution in [2.75, 3.05) is 7.11 Å². The lowest BCUT2D eigenvalue weighted by atomic mass is 9.99. The number of aromatic nitrogens is 1. The van der Waals surface area contributed by atoms with Crippen LogP contribution in [0.15, 0.2) is 29.4 Å². The van der Waals surface area contributed by atoms with Crippen molar-refractivity contribution in [1.82, 2.24) is 4.98 Å². The maximum absolute atomic E-state index is 9.61. The van der Waals surface area contributed by atoms with E-state index in [4.69, 9.17) is 4.74 Å². The zero-order valence-corrected chi connectivity index (χ0v) is 10.1. The van der Waals surface area contributed by atoms with Crippen molar-refractivity contribution in [3.63, 3.8) is 0 Å². The zero-order chi connectivity index (χ0) is 12.5. The van der Waals surface area contributed by atoms with E-state index in [0.717, 1.165) is 29.8 Å². The van der Waals surface area contributed by atoms with Crippen LogP contribution in [0.4, 0.5) is 5.82 Å². The molecular weight excluding hydrogens is 228 g/mol. The van der Waals surface area contributed by atoms with E-state index in [9.17, 15) is 5.11 Å². The Hall–Kier alpha value is -2.23. The highest BCUT2D eigenvalue weighted by Crippen LogP contribution is 2.37. The minimum absolute atomic E-state index is 0.156. The SMILES string of the molecule is COc1cc(-c2c[nH]c3c2CCC=N3)ccc1O. The number of aliphatic imine (C=N–C) groups is 1. The van der Waals surface area contributed by atoms with E-state index in [1.165, 1.54) is 5.56 Å². The molecule has 1 aliphatic rings. The number of fused-ring (bicyclic) bond motifs is 1. The summed E-state index contributed by atoms with van der Waals surface area (Å²) in [5.41, 5.74) is 3.38. The van der Waals surface area contributed by atoms with E-state index < -0.39 is 0 Å². The Morgan fingerprint density at radius 2 is 2.28 bits per heavy atom. The smallest absolute Gasteiger partial charge is 0.161 e. The summed E-state index contributed by atoms with van der Waals surface area (Å²) in [5, 5.41) is 9.61. The van der Waals surface area contributed by atoms with Gasteiger partial charge >= 0.3 is 0 Å². The number of benzene rings is 1. The fourth-order valence-electron chi connectivity index (χ4n) is 2.28. The van der Waals surface area contributed by atoms with Gasteiger partial charge in [0.25, 0.3) is 0 Å². The number of aromatic hydroxyl groups is 1. The third-order valence-electron chi connectivity index (χ3n) is 3.20. The van der Waals surface area contributed by atoms with Crippen LogP contribution in [0.2, 0.25) is 0 Å². The summed E-state index contributed by atoms with van der Waals surface area (Å²) in [6.07, 6.45) is 5.84. The summed E-state index contributed by atoms with van der Waals surface area (Å²) in [6, 6.07) is 5.39. The first-order valence-electron chi connectivity index (χ1n) is 5.89. The van der Waals surface area contributed by atoms with E-state index in [0.29, 0.717) is 5.75 Å². The summed E-state index contributed by atoms with van der Waals surface area (Å²) in [7, 11) is 1.55. The molecule has 1 aliphatic heterocycles. The van der Waals surface area contributed by atoms with Crippen LogP contribution in [-0.4, -0.2) is 23.4 Å². The number of hydrogen-bond donors (Lipinski definition) is 2. The average Bonchev–Trinajstić information content (AvgIpc) is 2.83. The Balaban J connectivity index is 2.10. The van der Waals surface area contributed by atoms with E-state index in [2.05, 4.69) is 9.98 Å². The molecule has 0 fully saturated rings. The van der Waals surface area contributed by atoms with Crippen molar-refractivity contribution in [3.05, 3.63) is 30.0 Å². The molecule has 4 nitrogen and oxygen atoms in total. The first-order chi connectivity index (χ1) is 8.79. The normalized spacial score (nSPS) is 13.4. The van der Waals surface area contributed by atoms with Gasteiger partial charge in [0.05, 0.1) is 7.11 Å². The number of phenolic OH excluding ortho intramolecular Hbond substituents is 1. The predicted octanol–water partition coefficient (Wildman–Crippen LogP) is 3.04. The molecule has 1 aromatic carbocycles. The molecule has 0 bridgehead atoms. The van der Waals surface area contributed by atoms with Crippen molar-refractivity contribution in [3.8, 4) is 22.6 Å². The van der Waals surface area contributed by atoms with Crippen LogP contribution >= 0.6 is 0 Å². The number of nitrogens with one attached hydrogen (secondary N) is 1. The number of methoxy groups -OCH3 is 1. The lowest BCUT2D eigenvalue weighted by Gasteiger charge is -2.09. The van der Waals surface area contributed by atoms with Crippen LogP contribution in [0.1, 0.15) is 12.0 Å². The van der Waals surface area contributed by atoms with Crippen LogP contribution in [0.3, 0.4) is 0 Å². The quantitative estimate of drug-likeness (QED) is 0.850. The highest BCUT2D eigenvalue weighted by molar-refractivity contribution is 5.78. The molecule has 0 aliphatic carbocycles. The highest BCUT2D eigenvalue weighted by Gasteiger charge is 2.15. The van der Waals surface area contributed by atoms with Gasteiger partial charge in [0.15, 0.2) is 11.5 Å². The Bertz CT molecular complexity index is 614. The molecule has 0 radical (unpaired) electrons. The monoisotopic (exact) mass is 242 g/mol. The van der Waals surface area contributed by atoms with Crippen molar-refractivity contribution in [1.29, 1.82) is 0 Å². The molecule has 0 unspecified atom stereocenters. The summed E-state index contributed by atoms with van der Waals surface area (Å²) < 4.78 is 5.14. The van der Waals surface area contributed by atoms with E-state index in [-0.39, 0.29) is 5.75 Å². The molecule has 0 saturated carbocycles. The number of ether oxygens (including phenoxy) is 1. The van der Waals surface area contributed by atoms with Crippen molar-refractivity contribution >= 4 is 12.0 Å². The standard InChI is InChI=1S/C14H14N2O2/c1-18-13-7-9(4-5-12(13)17)11-8-16-14-10(11)3-2-6-15-14/h4-8,16-17H,2-3H2,1H3. The number of phenols is 1. The second-order valence-electron chi connectivity index (χ2n) is 4.27. The molecule has 0 spiro atoms. The Morgan fingerprint density at radius 1 is 1.39 bits per heavy atom. The molecule has 92 valence electrons. The molecule has 2 aromatic rings. The van der Waals surface area contributed by atoms with Crippen LogP contribution in [0, 0.1) is 0 Å². The van der Waals surface area contributed by atoms with Gasteiger partial charge in [-0.3, -0.25) is 0 Å². The molecule has 1 aromatic heterocycles. The first kappa shape index (κ1) is 10.9. The van der Waals surface area contributed by atoms with E-state index in [1.54, 1.807) is 13.2 Å². The molecule has 2 heterocycles. The minimum atomic E-state index is 0.156. The molecular formula is C14H14N2O2. The topological polar surface area (TPSA) is 57.6 Å². The third-order valence-corrected chi connectivity index (χ3v) is 3.20. The fraction of sp³-hybridized carbons (Fsp3) is 0.214. The maximum atomic E-state index is 9.61. The van der Waals surface area contributed by atoms with Crippen molar-refractivity contribution in [2.45, 2.75) is 12.8 Å². The number of hydrogen-bond acceptors (Lipinski definition) is 3. The van der Waals surface area contributed by atoms with Gasteiger partial charge in [0.2, 0.25) is 0 Å². The molecule has 2 N–H and O–H groups in total. The Morgan fingerprint density at radius 3 is 3.11 bits per heavy atom. The number of rotatable bonds is 2. The molecule has 0 atom stereocenters. The Labute approximate surface area is 105 Å². The number of nitrogens with zero attached hydrogens (tertiary/aromatic N) is 1. The summed E-state index contributed by atoms with van der Waals surface area (Å²) >= 11 is 0. The Kier molecular flexibility index (Phi) is 2.55. The van der Waals surface area contributed by atoms with Gasteiger partial charge in [0, 0.05) is 23.5 Å². The van der Waals surface area contributed by atoms with Crippen molar-refractivity contribution in [2.24, 2.45) is 4.99 Å². The summed E-state index contributed by atoms with van der Waals surface area (Å²) in [6.45, 7) is 0. The van der Waals surface area contributed by atoms with E-state index >= 15 is 0 Å². The molecule has 18 heavy (non-hydrogen) atoms. The van der Waals surface area contributed by atoms with Crippen LogP contribution in [-0.2, 0) is 6.42 Å². The highest BCUT2D eigenvalue weighted by atomic mass is 16.5. The lowest BCUT2D eigenvalue weighted by Crippen LogP contribution is -1.93. The van der Waals surface area contributed by atoms with Gasteiger partial charge in [0.1, 0.15) is 5.82 Å². The zero-order valence-electron chi connectivity index (χ0n) is 10.1. The maximum Gasteiger partial charge on any atom is 0.161 e. The lowest BCUT2D eigenvalue weighted by molar-refractivity contribution is 0.373. The number of H-pyrrole nitrogens is 1. The van der Waals surface area contributed by atoms with Crippen LogP contribution in [0.25, 0.3) is 11.1 Å². The molecule has 0 amide bonds. The van der Waals surface area contributed by atoms with Gasteiger partial charge in [-0.05, 0) is 30.5 Å². The minimum Gasteiger partial charge on any atom is -0.504 e. The van der Waals surface area contributed by atoms with E-state index in [1.807, 2.05) is 24.5 Å². The molecule has 4 heteroatoms. The van der Waals surface area contributed by atoms with Gasteiger partial charge in [-0.15, -0.1) is 0 Å². The van der Waals surface area contributed by atoms with Crippen LogP contribution < -0.4 is 4.74 Å².